The Balaban J connectivity index is 1.41. The summed E-state index contributed by atoms with van der Waals surface area (Å²) in [5, 5.41) is 3.32. The van der Waals surface area contributed by atoms with Gasteiger partial charge >= 0.3 is 0 Å². The molecule has 0 aromatic heterocycles. The molecule has 1 aromatic rings. The number of likely N-dealkylation sites (tertiary alicyclic amines) is 1. The van der Waals surface area contributed by atoms with E-state index in [9.17, 15) is 4.79 Å². The van der Waals surface area contributed by atoms with Gasteiger partial charge in [0.2, 0.25) is 5.91 Å². The van der Waals surface area contributed by atoms with Crippen molar-refractivity contribution in [1.29, 1.82) is 0 Å². The number of hydrogen-bond donors (Lipinski definition) is 1. The molecule has 2 saturated heterocycles. The molecule has 0 saturated carbocycles. The van der Waals surface area contributed by atoms with Gasteiger partial charge in [-0.25, -0.2) is 0 Å². The van der Waals surface area contributed by atoms with Gasteiger partial charge in [0.25, 0.3) is 0 Å². The fourth-order valence-electron chi connectivity index (χ4n) is 3.85. The number of carbonyl (C=O) groups excluding carboxylic acids is 1. The molecule has 0 aliphatic carbocycles. The molecule has 0 radical (unpaired) electrons. The molecule has 4 nitrogen and oxygen atoms in total. The minimum atomic E-state index is 0.0901. The van der Waals surface area contributed by atoms with Crippen molar-refractivity contribution in [2.24, 2.45) is 5.92 Å². The Labute approximate surface area is 139 Å². The second-order valence-electron chi connectivity index (χ2n) is 7.10. The number of piperidine rings is 1. The zero-order chi connectivity index (χ0) is 16.1. The van der Waals surface area contributed by atoms with Crippen LogP contribution in [-0.2, 0) is 11.3 Å². The van der Waals surface area contributed by atoms with Crippen LogP contribution < -0.4 is 5.32 Å². The molecule has 2 aliphatic heterocycles. The highest BCUT2D eigenvalue weighted by Gasteiger charge is 2.29. The van der Waals surface area contributed by atoms with Gasteiger partial charge in [0.1, 0.15) is 0 Å². The Morgan fingerprint density at radius 1 is 1.22 bits per heavy atom. The van der Waals surface area contributed by atoms with Crippen molar-refractivity contribution in [1.82, 2.24) is 15.1 Å². The molecule has 2 fully saturated rings. The first-order chi connectivity index (χ1) is 11.2. The zero-order valence-electron chi connectivity index (χ0n) is 14.2. The van der Waals surface area contributed by atoms with Crippen molar-refractivity contribution in [2.75, 3.05) is 33.2 Å². The van der Waals surface area contributed by atoms with Gasteiger partial charge in [-0.3, -0.25) is 4.79 Å². The number of carbonyl (C=O) groups is 1. The van der Waals surface area contributed by atoms with Crippen LogP contribution in [0, 0.1) is 5.92 Å². The Hall–Kier alpha value is -1.39. The van der Waals surface area contributed by atoms with Crippen LogP contribution in [0.2, 0.25) is 0 Å². The average molecular weight is 315 g/mol. The van der Waals surface area contributed by atoms with E-state index in [1.54, 1.807) is 0 Å². The van der Waals surface area contributed by atoms with E-state index in [1.807, 2.05) is 0 Å². The second-order valence-corrected chi connectivity index (χ2v) is 7.10. The smallest absolute Gasteiger partial charge is 0.239 e. The van der Waals surface area contributed by atoms with Gasteiger partial charge in [-0.1, -0.05) is 30.3 Å². The van der Waals surface area contributed by atoms with E-state index in [2.05, 4.69) is 52.5 Å². The minimum Gasteiger partial charge on any atom is -0.341 e. The molecule has 23 heavy (non-hydrogen) atoms. The number of nitrogens with one attached hydrogen (secondary N) is 1. The molecule has 3 rings (SSSR count). The SMILES string of the molecule is CN(Cc1ccccc1)CC1CCN(C(=O)[C@@H]2CCCN2)CC1. The summed E-state index contributed by atoms with van der Waals surface area (Å²) in [5.74, 6) is 1.04. The lowest BCUT2D eigenvalue weighted by Gasteiger charge is -2.35. The van der Waals surface area contributed by atoms with Crippen LogP contribution >= 0.6 is 0 Å². The monoisotopic (exact) mass is 315 g/mol. The van der Waals surface area contributed by atoms with Crippen LogP contribution in [0.5, 0.6) is 0 Å². The van der Waals surface area contributed by atoms with Crippen molar-refractivity contribution in [3.05, 3.63) is 35.9 Å². The van der Waals surface area contributed by atoms with Gasteiger partial charge in [-0.05, 0) is 50.8 Å². The molecule has 1 N–H and O–H groups in total. The van der Waals surface area contributed by atoms with Gasteiger partial charge in [0, 0.05) is 26.2 Å². The van der Waals surface area contributed by atoms with E-state index >= 15 is 0 Å². The van der Waals surface area contributed by atoms with Crippen LogP contribution in [0.4, 0.5) is 0 Å². The fraction of sp³-hybridized carbons (Fsp3) is 0.632. The maximum atomic E-state index is 12.4. The molecule has 2 heterocycles. The number of amides is 1. The lowest BCUT2D eigenvalue weighted by atomic mass is 9.95. The summed E-state index contributed by atoms with van der Waals surface area (Å²) in [6, 6.07) is 10.7. The molecule has 1 amide bonds. The third-order valence-corrected chi connectivity index (χ3v) is 5.15. The fourth-order valence-corrected chi connectivity index (χ4v) is 3.85. The molecule has 2 aliphatic rings. The van der Waals surface area contributed by atoms with Crippen LogP contribution in [0.25, 0.3) is 0 Å². The summed E-state index contributed by atoms with van der Waals surface area (Å²) in [7, 11) is 2.20. The first-order valence-corrected chi connectivity index (χ1v) is 8.97. The summed E-state index contributed by atoms with van der Waals surface area (Å²) in [4.78, 5) is 16.9. The third kappa shape index (κ3) is 4.55. The summed E-state index contributed by atoms with van der Waals surface area (Å²) in [6.07, 6.45) is 4.42. The maximum Gasteiger partial charge on any atom is 0.239 e. The number of hydrogen-bond acceptors (Lipinski definition) is 3. The normalized spacial score (nSPS) is 22.7. The van der Waals surface area contributed by atoms with Crippen molar-refractivity contribution in [2.45, 2.75) is 38.3 Å². The molecule has 1 atom stereocenters. The first kappa shape index (κ1) is 16.5. The Kier molecular flexibility index (Phi) is 5.68. The molecule has 1 aromatic carbocycles. The van der Waals surface area contributed by atoms with Crippen LogP contribution in [0.1, 0.15) is 31.2 Å². The molecule has 0 bridgehead atoms. The predicted octanol–water partition coefficient (Wildman–Crippen LogP) is 2.11. The van der Waals surface area contributed by atoms with Crippen LogP contribution in [-0.4, -0.2) is 55.0 Å². The standard InChI is InChI=1S/C19H29N3O/c1-21(14-16-6-3-2-4-7-16)15-17-9-12-22(13-10-17)19(23)18-8-5-11-20-18/h2-4,6-7,17-18,20H,5,8-15H2,1H3/t18-/m0/s1. The molecule has 126 valence electrons. The van der Waals surface area contributed by atoms with E-state index in [1.165, 1.54) is 5.56 Å². The molecular formula is C19H29N3O. The van der Waals surface area contributed by atoms with Gasteiger partial charge in [0.05, 0.1) is 6.04 Å². The quantitative estimate of drug-likeness (QED) is 0.904. The predicted molar refractivity (Wildman–Crippen MR) is 93.1 cm³/mol. The molecular weight excluding hydrogens is 286 g/mol. The Bertz CT molecular complexity index is 491. The summed E-state index contributed by atoms with van der Waals surface area (Å²) in [6.45, 7) is 4.99. The topological polar surface area (TPSA) is 35.6 Å². The summed E-state index contributed by atoms with van der Waals surface area (Å²) >= 11 is 0. The van der Waals surface area contributed by atoms with Crippen molar-refractivity contribution in [3.63, 3.8) is 0 Å². The lowest BCUT2D eigenvalue weighted by molar-refractivity contribution is -0.134. The largest absolute Gasteiger partial charge is 0.341 e. The van der Waals surface area contributed by atoms with Gasteiger partial charge in [-0.15, -0.1) is 0 Å². The van der Waals surface area contributed by atoms with Crippen LogP contribution in [0.3, 0.4) is 0 Å². The Morgan fingerprint density at radius 3 is 2.61 bits per heavy atom. The van der Waals surface area contributed by atoms with E-state index in [0.29, 0.717) is 11.8 Å². The van der Waals surface area contributed by atoms with Gasteiger partial charge < -0.3 is 15.1 Å². The molecule has 0 spiro atoms. The Morgan fingerprint density at radius 2 is 1.96 bits per heavy atom. The lowest BCUT2D eigenvalue weighted by Crippen LogP contribution is -2.47. The average Bonchev–Trinajstić information content (AvgIpc) is 3.10. The second kappa shape index (κ2) is 7.93. The van der Waals surface area contributed by atoms with Crippen molar-refractivity contribution >= 4 is 5.91 Å². The first-order valence-electron chi connectivity index (χ1n) is 8.97. The van der Waals surface area contributed by atoms with Crippen molar-refractivity contribution < 1.29 is 4.79 Å². The minimum absolute atomic E-state index is 0.0901. The van der Waals surface area contributed by atoms with Crippen LogP contribution in [0.15, 0.2) is 30.3 Å². The zero-order valence-corrected chi connectivity index (χ0v) is 14.2. The highest BCUT2D eigenvalue weighted by Crippen LogP contribution is 2.20. The highest BCUT2D eigenvalue weighted by atomic mass is 16.2. The number of nitrogens with zero attached hydrogens (tertiary/aromatic N) is 2. The van der Waals surface area contributed by atoms with E-state index in [4.69, 9.17) is 0 Å². The van der Waals surface area contributed by atoms with Gasteiger partial charge in [0.15, 0.2) is 0 Å². The number of benzene rings is 1. The molecule has 0 unspecified atom stereocenters. The van der Waals surface area contributed by atoms with E-state index < -0.39 is 0 Å². The summed E-state index contributed by atoms with van der Waals surface area (Å²) < 4.78 is 0. The van der Waals surface area contributed by atoms with Crippen molar-refractivity contribution in [3.8, 4) is 0 Å². The highest BCUT2D eigenvalue weighted by molar-refractivity contribution is 5.82. The van der Waals surface area contributed by atoms with E-state index in [0.717, 1.165) is 58.4 Å². The summed E-state index contributed by atoms with van der Waals surface area (Å²) in [5.41, 5.74) is 1.37. The molecule has 4 heteroatoms. The number of rotatable bonds is 5. The van der Waals surface area contributed by atoms with E-state index in [-0.39, 0.29) is 6.04 Å². The third-order valence-electron chi connectivity index (χ3n) is 5.15. The maximum absolute atomic E-state index is 12.4. The van der Waals surface area contributed by atoms with Gasteiger partial charge in [-0.2, -0.15) is 0 Å².